The lowest BCUT2D eigenvalue weighted by atomic mass is 10.1. The molecule has 0 bridgehead atoms. The van der Waals surface area contributed by atoms with Gasteiger partial charge in [-0.05, 0) is 17.7 Å². The highest BCUT2D eigenvalue weighted by atomic mass is 127. The van der Waals surface area contributed by atoms with E-state index in [1.807, 2.05) is 12.1 Å². The van der Waals surface area contributed by atoms with Gasteiger partial charge in [0.25, 0.3) is 0 Å². The van der Waals surface area contributed by atoms with E-state index >= 15 is 0 Å². The molecule has 2 aliphatic heterocycles. The van der Waals surface area contributed by atoms with Gasteiger partial charge < -0.3 is 15.0 Å². The van der Waals surface area contributed by atoms with Gasteiger partial charge in [0.15, 0.2) is 15.8 Å². The number of ether oxygens (including phenoxy) is 1. The van der Waals surface area contributed by atoms with Crippen molar-refractivity contribution in [2.75, 3.05) is 45.6 Å². The Bertz CT molecular complexity index is 989. The second-order valence-electron chi connectivity index (χ2n) is 7.94. The quantitative estimate of drug-likeness (QED) is 0.327. The average molecular weight is 570 g/mol. The summed E-state index contributed by atoms with van der Waals surface area (Å²) in [6.07, 6.45) is 0.129. The summed E-state index contributed by atoms with van der Waals surface area (Å²) in [7, 11) is -1.59. The lowest BCUT2D eigenvalue weighted by Gasteiger charge is -2.36. The zero-order valence-electron chi connectivity index (χ0n) is 18.3. The van der Waals surface area contributed by atoms with Gasteiger partial charge in [0.05, 0.1) is 29.4 Å². The Morgan fingerprint density at radius 1 is 1.09 bits per heavy atom. The topological polar surface area (TPSA) is 74.2 Å². The van der Waals surface area contributed by atoms with Crippen LogP contribution in [0.25, 0.3) is 0 Å². The monoisotopic (exact) mass is 570 g/mol. The number of morpholine rings is 1. The van der Waals surface area contributed by atoms with Gasteiger partial charge in [0.1, 0.15) is 0 Å². The van der Waals surface area contributed by atoms with Crippen molar-refractivity contribution in [1.29, 1.82) is 0 Å². The van der Waals surface area contributed by atoms with E-state index in [4.69, 9.17) is 4.74 Å². The Balaban J connectivity index is 0.00000289. The van der Waals surface area contributed by atoms with Crippen LogP contribution in [0.2, 0.25) is 0 Å². The maximum atomic E-state index is 12.5. The Hall–Kier alpha value is -1.69. The smallest absolute Gasteiger partial charge is 0.193 e. The summed E-state index contributed by atoms with van der Waals surface area (Å²) in [6.45, 7) is 4.41. The van der Waals surface area contributed by atoms with Crippen molar-refractivity contribution in [2.24, 2.45) is 4.99 Å². The van der Waals surface area contributed by atoms with Crippen molar-refractivity contribution in [1.82, 2.24) is 15.1 Å². The minimum absolute atomic E-state index is 0. The lowest BCUT2D eigenvalue weighted by molar-refractivity contribution is -0.0502. The van der Waals surface area contributed by atoms with Crippen LogP contribution in [0.4, 0.5) is 0 Å². The average Bonchev–Trinajstić information content (AvgIpc) is 3.23. The number of hydrogen-bond donors (Lipinski definition) is 1. The van der Waals surface area contributed by atoms with Gasteiger partial charge in [-0.15, -0.1) is 24.0 Å². The van der Waals surface area contributed by atoms with Crippen molar-refractivity contribution in [3.8, 4) is 0 Å². The van der Waals surface area contributed by atoms with Crippen molar-refractivity contribution >= 4 is 39.8 Å². The molecule has 0 amide bonds. The molecule has 2 fully saturated rings. The zero-order chi connectivity index (χ0) is 21.7. The summed E-state index contributed by atoms with van der Waals surface area (Å²) in [6, 6.07) is 19.4. The molecule has 2 saturated heterocycles. The van der Waals surface area contributed by atoms with E-state index in [2.05, 4.69) is 44.4 Å². The molecule has 2 aromatic rings. The number of likely N-dealkylation sites (tertiary alicyclic amines) is 1. The molecule has 174 valence electrons. The number of aliphatic imine (C=N–C) groups is 1. The summed E-state index contributed by atoms with van der Waals surface area (Å²) < 4.78 is 31.1. The van der Waals surface area contributed by atoms with Crippen LogP contribution in [-0.2, 0) is 21.1 Å². The highest BCUT2D eigenvalue weighted by Crippen LogP contribution is 2.24. The Morgan fingerprint density at radius 2 is 1.78 bits per heavy atom. The van der Waals surface area contributed by atoms with Crippen LogP contribution >= 0.6 is 24.0 Å². The fourth-order valence-electron chi connectivity index (χ4n) is 4.32. The molecule has 0 saturated carbocycles. The van der Waals surface area contributed by atoms with Gasteiger partial charge in [-0.1, -0.05) is 48.5 Å². The first-order valence-electron chi connectivity index (χ1n) is 10.7. The van der Waals surface area contributed by atoms with E-state index in [1.54, 1.807) is 31.3 Å². The Labute approximate surface area is 207 Å². The molecule has 0 spiro atoms. The third-order valence-electron chi connectivity index (χ3n) is 5.91. The number of benzene rings is 2. The fourth-order valence-corrected chi connectivity index (χ4v) is 5.50. The fraction of sp³-hybridized carbons (Fsp3) is 0.435. The molecule has 0 radical (unpaired) electrons. The number of hydrogen-bond acceptors (Lipinski definition) is 5. The summed E-state index contributed by atoms with van der Waals surface area (Å²) in [5.41, 5.74) is 1.30. The molecule has 0 aliphatic carbocycles. The number of nitrogens with zero attached hydrogens (tertiary/aromatic N) is 3. The molecule has 9 heteroatoms. The van der Waals surface area contributed by atoms with Crippen LogP contribution in [0.15, 0.2) is 70.6 Å². The van der Waals surface area contributed by atoms with Crippen LogP contribution in [0.1, 0.15) is 5.56 Å². The summed E-state index contributed by atoms with van der Waals surface area (Å²) in [5, 5.41) is 3.23. The molecule has 2 aromatic carbocycles. The number of rotatable bonds is 6. The van der Waals surface area contributed by atoms with Crippen molar-refractivity contribution < 1.29 is 13.2 Å². The van der Waals surface area contributed by atoms with Crippen LogP contribution in [-0.4, -0.2) is 81.9 Å². The zero-order valence-corrected chi connectivity index (χ0v) is 21.4. The van der Waals surface area contributed by atoms with Crippen LogP contribution in [0.5, 0.6) is 0 Å². The Morgan fingerprint density at radius 3 is 2.47 bits per heavy atom. The number of nitrogens with one attached hydrogen (secondary N) is 1. The first kappa shape index (κ1) is 24.9. The normalized spacial score (nSPS) is 21.7. The third-order valence-corrected chi connectivity index (χ3v) is 7.64. The van der Waals surface area contributed by atoms with Gasteiger partial charge in [-0.2, -0.15) is 0 Å². The standard InChI is InChI=1S/C23H30N4O3S.HI/c1-24-23(25-12-15-31(28,29)20-10-6-3-7-11-20)27-17-21-22(18-27)30-14-13-26(21)16-19-8-4-2-5-9-19;/h2-11,21-22H,12-18H2,1H3,(H,24,25);1H. The predicted molar refractivity (Wildman–Crippen MR) is 137 cm³/mol. The van der Waals surface area contributed by atoms with Gasteiger partial charge in [-0.25, -0.2) is 8.42 Å². The van der Waals surface area contributed by atoms with Crippen molar-refractivity contribution in [3.05, 3.63) is 66.2 Å². The second kappa shape index (κ2) is 11.4. The summed E-state index contributed by atoms with van der Waals surface area (Å²) in [5.74, 6) is 0.744. The molecule has 4 rings (SSSR count). The summed E-state index contributed by atoms with van der Waals surface area (Å²) in [4.78, 5) is 9.40. The van der Waals surface area contributed by atoms with E-state index < -0.39 is 9.84 Å². The van der Waals surface area contributed by atoms with E-state index in [9.17, 15) is 8.42 Å². The molecule has 2 heterocycles. The van der Waals surface area contributed by atoms with Gasteiger partial charge in [0, 0.05) is 39.8 Å². The largest absolute Gasteiger partial charge is 0.373 e. The SMILES string of the molecule is CN=C(NCCS(=O)(=O)c1ccccc1)N1CC2OCCN(Cc3ccccc3)C2C1.I. The van der Waals surface area contributed by atoms with Crippen molar-refractivity contribution in [2.45, 2.75) is 23.6 Å². The first-order valence-corrected chi connectivity index (χ1v) is 12.3. The third kappa shape index (κ3) is 6.00. The molecule has 7 nitrogen and oxygen atoms in total. The summed E-state index contributed by atoms with van der Waals surface area (Å²) >= 11 is 0. The maximum absolute atomic E-state index is 12.5. The highest BCUT2D eigenvalue weighted by molar-refractivity contribution is 14.0. The van der Waals surface area contributed by atoms with Crippen LogP contribution in [0, 0.1) is 0 Å². The van der Waals surface area contributed by atoms with E-state index in [1.165, 1.54) is 5.56 Å². The number of fused-ring (bicyclic) bond motifs is 1. The Kier molecular flexibility index (Phi) is 8.92. The minimum atomic E-state index is -3.32. The van der Waals surface area contributed by atoms with Crippen LogP contribution < -0.4 is 5.32 Å². The van der Waals surface area contributed by atoms with Gasteiger partial charge in [-0.3, -0.25) is 9.89 Å². The molecular formula is C23H31IN4O3S. The van der Waals surface area contributed by atoms with E-state index in [0.29, 0.717) is 17.5 Å². The molecule has 2 atom stereocenters. The van der Waals surface area contributed by atoms with E-state index in [-0.39, 0.29) is 35.8 Å². The minimum Gasteiger partial charge on any atom is -0.373 e. The number of halogens is 1. The highest BCUT2D eigenvalue weighted by Gasteiger charge is 2.41. The van der Waals surface area contributed by atoms with Gasteiger partial charge >= 0.3 is 0 Å². The maximum Gasteiger partial charge on any atom is 0.193 e. The first-order chi connectivity index (χ1) is 15.1. The molecule has 0 aromatic heterocycles. The number of guanidine groups is 1. The predicted octanol–water partition coefficient (Wildman–Crippen LogP) is 2.24. The van der Waals surface area contributed by atoms with Crippen LogP contribution in [0.3, 0.4) is 0 Å². The number of sulfone groups is 1. The lowest BCUT2D eigenvalue weighted by Crippen LogP contribution is -2.50. The van der Waals surface area contributed by atoms with Crippen molar-refractivity contribution in [3.63, 3.8) is 0 Å². The molecule has 1 N–H and O–H groups in total. The van der Waals surface area contributed by atoms with E-state index in [0.717, 1.165) is 38.7 Å². The molecular weight excluding hydrogens is 539 g/mol. The molecule has 2 aliphatic rings. The van der Waals surface area contributed by atoms with Gasteiger partial charge in [0.2, 0.25) is 0 Å². The molecule has 2 unspecified atom stereocenters. The second-order valence-corrected chi connectivity index (χ2v) is 10.1. The molecule has 32 heavy (non-hydrogen) atoms.